The summed E-state index contributed by atoms with van der Waals surface area (Å²) in [5.41, 5.74) is 1.51. The number of amides is 1. The van der Waals surface area contributed by atoms with Crippen LogP contribution in [0, 0.1) is 15.9 Å². The Morgan fingerprint density at radius 3 is 2.36 bits per heavy atom. The first-order chi connectivity index (χ1) is 17.4. The lowest BCUT2D eigenvalue weighted by Crippen LogP contribution is -2.50. The van der Waals surface area contributed by atoms with E-state index in [9.17, 15) is 24.1 Å². The Morgan fingerprint density at radius 1 is 0.972 bits per heavy atom. The highest BCUT2D eigenvalue weighted by atomic mass is 19.1. The molecule has 10 heteroatoms. The largest absolute Gasteiger partial charge is 0.452 e. The van der Waals surface area contributed by atoms with Gasteiger partial charge < -0.3 is 19.9 Å². The van der Waals surface area contributed by atoms with Gasteiger partial charge in [0.05, 0.1) is 16.2 Å². The number of rotatable bonds is 8. The van der Waals surface area contributed by atoms with Crippen molar-refractivity contribution in [3.63, 3.8) is 0 Å². The second-order valence-electron chi connectivity index (χ2n) is 8.22. The summed E-state index contributed by atoms with van der Waals surface area (Å²) in [5.74, 6) is -1.55. The number of para-hydroxylation sites is 1. The summed E-state index contributed by atoms with van der Waals surface area (Å²) in [6, 6.07) is 19.8. The van der Waals surface area contributed by atoms with E-state index in [-0.39, 0.29) is 23.0 Å². The lowest BCUT2D eigenvalue weighted by molar-refractivity contribution is -0.384. The fourth-order valence-corrected chi connectivity index (χ4v) is 3.96. The molecule has 0 unspecified atom stereocenters. The molecule has 1 saturated heterocycles. The Bertz CT molecular complexity index is 1250. The third kappa shape index (κ3) is 5.96. The Hall–Kier alpha value is -4.47. The van der Waals surface area contributed by atoms with Crippen molar-refractivity contribution < 1.29 is 23.6 Å². The molecule has 1 heterocycles. The Kier molecular flexibility index (Phi) is 7.74. The summed E-state index contributed by atoms with van der Waals surface area (Å²) in [4.78, 5) is 39.5. The molecule has 3 aromatic carbocycles. The van der Waals surface area contributed by atoms with Gasteiger partial charge in [0, 0.05) is 50.5 Å². The normalized spacial score (nSPS) is 13.2. The average molecular weight is 493 g/mol. The predicted octanol–water partition coefficient (Wildman–Crippen LogP) is 3.85. The number of hydrogen-bond donors (Lipinski definition) is 1. The fraction of sp³-hybridized carbons (Fsp3) is 0.231. The molecule has 1 amide bonds. The third-order valence-corrected chi connectivity index (χ3v) is 5.91. The number of carbonyl (C=O) groups is 2. The molecule has 0 aliphatic carbocycles. The number of anilines is 2. The van der Waals surface area contributed by atoms with Crippen LogP contribution in [0.3, 0.4) is 0 Å². The number of non-ortho nitro benzene ring substituents is 1. The highest BCUT2D eigenvalue weighted by Crippen LogP contribution is 2.24. The number of nitrogens with zero attached hydrogens (tertiary/aromatic N) is 3. The minimum Gasteiger partial charge on any atom is -0.452 e. The zero-order valence-electron chi connectivity index (χ0n) is 19.4. The van der Waals surface area contributed by atoms with Crippen LogP contribution in [-0.4, -0.2) is 54.5 Å². The first-order valence-corrected chi connectivity index (χ1v) is 11.4. The smallest absolute Gasteiger partial charge is 0.341 e. The molecular weight excluding hydrogens is 467 g/mol. The summed E-state index contributed by atoms with van der Waals surface area (Å²) < 4.78 is 19.3. The number of hydrogen-bond acceptors (Lipinski definition) is 7. The maximum absolute atomic E-state index is 14.0. The SMILES string of the molecule is O=C(OCC(=O)N1CCN(c2ccccc2F)CC1)c1cc([N+](=O)[O-])ccc1NCc1ccccc1. The second-order valence-corrected chi connectivity index (χ2v) is 8.22. The van der Waals surface area contributed by atoms with Crippen molar-refractivity contribution in [2.45, 2.75) is 6.54 Å². The van der Waals surface area contributed by atoms with Gasteiger partial charge in [0.1, 0.15) is 5.82 Å². The van der Waals surface area contributed by atoms with Crippen LogP contribution in [0.25, 0.3) is 0 Å². The van der Waals surface area contributed by atoms with Crippen molar-refractivity contribution in [3.8, 4) is 0 Å². The van der Waals surface area contributed by atoms with Crippen LogP contribution in [0.1, 0.15) is 15.9 Å². The van der Waals surface area contributed by atoms with E-state index in [0.29, 0.717) is 44.1 Å². The first-order valence-electron chi connectivity index (χ1n) is 11.4. The van der Waals surface area contributed by atoms with E-state index in [0.717, 1.165) is 11.6 Å². The standard InChI is InChI=1S/C26H25FN4O5/c27-22-8-4-5-9-24(22)29-12-14-30(15-13-29)25(32)18-36-26(33)21-16-20(31(34)35)10-11-23(21)28-17-19-6-2-1-3-7-19/h1-11,16,28H,12-15,17-18H2. The highest BCUT2D eigenvalue weighted by molar-refractivity contribution is 5.97. The van der Waals surface area contributed by atoms with E-state index < -0.39 is 17.5 Å². The zero-order valence-corrected chi connectivity index (χ0v) is 19.4. The highest BCUT2D eigenvalue weighted by Gasteiger charge is 2.25. The van der Waals surface area contributed by atoms with Gasteiger partial charge in [-0.2, -0.15) is 0 Å². The van der Waals surface area contributed by atoms with Gasteiger partial charge >= 0.3 is 5.97 Å². The monoisotopic (exact) mass is 492 g/mol. The quantitative estimate of drug-likeness (QED) is 0.289. The number of ether oxygens (including phenoxy) is 1. The topological polar surface area (TPSA) is 105 Å². The zero-order chi connectivity index (χ0) is 25.5. The molecular formula is C26H25FN4O5. The lowest BCUT2D eigenvalue weighted by Gasteiger charge is -2.36. The molecule has 1 N–H and O–H groups in total. The summed E-state index contributed by atoms with van der Waals surface area (Å²) in [7, 11) is 0. The van der Waals surface area contributed by atoms with Crippen LogP contribution in [-0.2, 0) is 16.1 Å². The molecule has 3 aromatic rings. The Morgan fingerprint density at radius 2 is 1.67 bits per heavy atom. The van der Waals surface area contributed by atoms with E-state index in [1.54, 1.807) is 23.1 Å². The number of nitro benzene ring substituents is 1. The second kappa shape index (κ2) is 11.3. The first kappa shape index (κ1) is 24.6. The van der Waals surface area contributed by atoms with Gasteiger partial charge in [-0.15, -0.1) is 0 Å². The van der Waals surface area contributed by atoms with Crippen molar-refractivity contribution >= 4 is 28.9 Å². The van der Waals surface area contributed by atoms with E-state index >= 15 is 0 Å². The van der Waals surface area contributed by atoms with Crippen LogP contribution >= 0.6 is 0 Å². The predicted molar refractivity (Wildman–Crippen MR) is 132 cm³/mol. The molecule has 0 aromatic heterocycles. The summed E-state index contributed by atoms with van der Waals surface area (Å²) in [6.45, 7) is 1.48. The van der Waals surface area contributed by atoms with Crippen LogP contribution in [0.4, 0.5) is 21.5 Å². The van der Waals surface area contributed by atoms with Gasteiger partial charge in [-0.05, 0) is 23.8 Å². The van der Waals surface area contributed by atoms with Crippen LogP contribution in [0.5, 0.6) is 0 Å². The summed E-state index contributed by atoms with van der Waals surface area (Å²) >= 11 is 0. The number of halogens is 1. The van der Waals surface area contributed by atoms with Gasteiger partial charge in [-0.3, -0.25) is 14.9 Å². The molecule has 4 rings (SSSR count). The number of carbonyl (C=O) groups excluding carboxylic acids is 2. The van der Waals surface area contributed by atoms with Crippen LogP contribution in [0.2, 0.25) is 0 Å². The van der Waals surface area contributed by atoms with E-state index in [4.69, 9.17) is 4.74 Å². The van der Waals surface area contributed by atoms with Gasteiger partial charge in [-0.25, -0.2) is 9.18 Å². The van der Waals surface area contributed by atoms with Gasteiger partial charge in [0.15, 0.2) is 6.61 Å². The van der Waals surface area contributed by atoms with Crippen molar-refractivity contribution in [1.29, 1.82) is 0 Å². The van der Waals surface area contributed by atoms with Crippen molar-refractivity contribution in [2.75, 3.05) is 43.0 Å². The maximum Gasteiger partial charge on any atom is 0.341 e. The molecule has 1 fully saturated rings. The molecule has 36 heavy (non-hydrogen) atoms. The van der Waals surface area contributed by atoms with Crippen LogP contribution < -0.4 is 10.2 Å². The van der Waals surface area contributed by atoms with Crippen LogP contribution in [0.15, 0.2) is 72.8 Å². The molecule has 0 radical (unpaired) electrons. The summed E-state index contributed by atoms with van der Waals surface area (Å²) in [6.07, 6.45) is 0. The van der Waals surface area contributed by atoms with E-state index in [2.05, 4.69) is 5.32 Å². The van der Waals surface area contributed by atoms with Crippen molar-refractivity contribution in [1.82, 2.24) is 4.90 Å². The molecule has 0 atom stereocenters. The number of piperazine rings is 1. The molecule has 1 aliphatic heterocycles. The molecule has 9 nitrogen and oxygen atoms in total. The molecule has 0 saturated carbocycles. The number of esters is 1. The fourth-order valence-electron chi connectivity index (χ4n) is 3.96. The van der Waals surface area contributed by atoms with Gasteiger partial charge in [0.2, 0.25) is 0 Å². The third-order valence-electron chi connectivity index (χ3n) is 5.91. The number of nitrogens with one attached hydrogen (secondary N) is 1. The summed E-state index contributed by atoms with van der Waals surface area (Å²) in [5, 5.41) is 14.3. The number of nitro groups is 1. The molecule has 0 bridgehead atoms. The van der Waals surface area contributed by atoms with Crippen molar-refractivity contribution in [3.05, 3.63) is 99.9 Å². The number of benzene rings is 3. The molecule has 0 spiro atoms. The Labute approximate surface area is 207 Å². The minimum absolute atomic E-state index is 0.0303. The van der Waals surface area contributed by atoms with E-state index in [1.807, 2.05) is 35.2 Å². The molecule has 186 valence electrons. The minimum atomic E-state index is -0.840. The maximum atomic E-state index is 14.0. The van der Waals surface area contributed by atoms with E-state index in [1.165, 1.54) is 18.2 Å². The lowest BCUT2D eigenvalue weighted by atomic mass is 10.1. The molecule has 1 aliphatic rings. The van der Waals surface area contributed by atoms with Gasteiger partial charge in [-0.1, -0.05) is 42.5 Å². The average Bonchev–Trinajstić information content (AvgIpc) is 2.91. The van der Waals surface area contributed by atoms with Gasteiger partial charge in [0.25, 0.3) is 11.6 Å². The Balaban J connectivity index is 1.36. The van der Waals surface area contributed by atoms with Crippen molar-refractivity contribution in [2.24, 2.45) is 0 Å².